The Hall–Kier alpha value is -1.19. The van der Waals surface area contributed by atoms with Crippen molar-refractivity contribution in [3.8, 4) is 0 Å². The van der Waals surface area contributed by atoms with E-state index < -0.39 is 0 Å². The molecule has 19 heavy (non-hydrogen) atoms. The summed E-state index contributed by atoms with van der Waals surface area (Å²) in [5.41, 5.74) is 4.52. The van der Waals surface area contributed by atoms with Gasteiger partial charge in [0, 0.05) is 24.5 Å². The van der Waals surface area contributed by atoms with E-state index in [2.05, 4.69) is 52.5 Å². The molecule has 0 saturated heterocycles. The molecule has 2 nitrogen and oxygen atoms in total. The molecule has 1 atom stereocenters. The highest BCUT2D eigenvalue weighted by Crippen LogP contribution is 2.36. The fourth-order valence-corrected chi connectivity index (χ4v) is 3.11. The molecule has 0 radical (unpaired) electrons. The SMILES string of the molecule is CC(C1CC1)N(Cc1ccccc1)Cc1cscn1. The highest BCUT2D eigenvalue weighted by molar-refractivity contribution is 7.07. The molecule has 0 spiro atoms. The summed E-state index contributed by atoms with van der Waals surface area (Å²) < 4.78 is 0. The van der Waals surface area contributed by atoms with E-state index in [-0.39, 0.29) is 0 Å². The quantitative estimate of drug-likeness (QED) is 0.791. The highest BCUT2D eigenvalue weighted by atomic mass is 32.1. The second-order valence-electron chi connectivity index (χ2n) is 5.45. The molecule has 1 saturated carbocycles. The Labute approximate surface area is 119 Å². The lowest BCUT2D eigenvalue weighted by molar-refractivity contribution is 0.170. The monoisotopic (exact) mass is 272 g/mol. The van der Waals surface area contributed by atoms with E-state index in [1.54, 1.807) is 11.3 Å². The summed E-state index contributed by atoms with van der Waals surface area (Å²) in [4.78, 5) is 7.01. The lowest BCUT2D eigenvalue weighted by atomic mass is 10.1. The van der Waals surface area contributed by atoms with Crippen molar-refractivity contribution in [2.45, 2.75) is 38.9 Å². The second-order valence-corrected chi connectivity index (χ2v) is 6.17. The number of aromatic nitrogens is 1. The third-order valence-electron chi connectivity index (χ3n) is 3.96. The van der Waals surface area contributed by atoms with Crippen molar-refractivity contribution >= 4 is 11.3 Å². The number of rotatable bonds is 6. The maximum absolute atomic E-state index is 4.44. The van der Waals surface area contributed by atoms with Gasteiger partial charge in [0.15, 0.2) is 0 Å². The van der Waals surface area contributed by atoms with Gasteiger partial charge < -0.3 is 0 Å². The van der Waals surface area contributed by atoms with E-state index in [0.717, 1.165) is 19.0 Å². The Morgan fingerprint density at radius 1 is 1.26 bits per heavy atom. The molecule has 3 heteroatoms. The molecule has 0 bridgehead atoms. The molecule has 0 N–H and O–H groups in total. The molecule has 100 valence electrons. The fraction of sp³-hybridized carbons (Fsp3) is 0.438. The Balaban J connectivity index is 1.72. The van der Waals surface area contributed by atoms with E-state index in [1.807, 2.05) is 5.51 Å². The number of benzene rings is 1. The third-order valence-corrected chi connectivity index (χ3v) is 4.59. The van der Waals surface area contributed by atoms with Crippen LogP contribution in [-0.4, -0.2) is 15.9 Å². The first-order valence-electron chi connectivity index (χ1n) is 6.98. The summed E-state index contributed by atoms with van der Waals surface area (Å²) in [6.07, 6.45) is 2.78. The normalized spacial score (nSPS) is 16.7. The van der Waals surface area contributed by atoms with Gasteiger partial charge in [0.2, 0.25) is 0 Å². The van der Waals surface area contributed by atoms with Gasteiger partial charge >= 0.3 is 0 Å². The Morgan fingerprint density at radius 2 is 2.05 bits per heavy atom. The molecule has 1 aliphatic rings. The first-order valence-corrected chi connectivity index (χ1v) is 7.92. The van der Waals surface area contributed by atoms with Crippen molar-refractivity contribution in [3.63, 3.8) is 0 Å². The number of hydrogen-bond acceptors (Lipinski definition) is 3. The zero-order valence-electron chi connectivity index (χ0n) is 11.3. The van der Waals surface area contributed by atoms with Crippen molar-refractivity contribution in [1.82, 2.24) is 9.88 Å². The summed E-state index contributed by atoms with van der Waals surface area (Å²) in [5, 5.41) is 2.16. The summed E-state index contributed by atoms with van der Waals surface area (Å²) in [7, 11) is 0. The molecule has 2 aromatic rings. The van der Waals surface area contributed by atoms with Gasteiger partial charge in [-0.3, -0.25) is 4.90 Å². The minimum absolute atomic E-state index is 0.655. The van der Waals surface area contributed by atoms with Gasteiger partial charge in [-0.25, -0.2) is 4.98 Å². The molecule has 1 aromatic carbocycles. The number of nitrogens with zero attached hydrogens (tertiary/aromatic N) is 2. The zero-order chi connectivity index (χ0) is 13.1. The molecule has 3 rings (SSSR count). The molecule has 1 aromatic heterocycles. The molecule has 1 aliphatic carbocycles. The standard InChI is InChI=1S/C16H20N2S/c1-13(15-7-8-15)18(10-16-11-19-12-17-16)9-14-5-3-2-4-6-14/h2-6,11-13,15H,7-10H2,1H3. The molecule has 1 fully saturated rings. The van der Waals surface area contributed by atoms with Crippen molar-refractivity contribution in [2.75, 3.05) is 0 Å². The predicted octanol–water partition coefficient (Wildman–Crippen LogP) is 3.94. The van der Waals surface area contributed by atoms with E-state index in [0.29, 0.717) is 6.04 Å². The van der Waals surface area contributed by atoms with Crippen molar-refractivity contribution in [1.29, 1.82) is 0 Å². The van der Waals surface area contributed by atoms with Gasteiger partial charge in [-0.05, 0) is 31.2 Å². The maximum Gasteiger partial charge on any atom is 0.0795 e. The van der Waals surface area contributed by atoms with Crippen LogP contribution in [0.5, 0.6) is 0 Å². The lowest BCUT2D eigenvalue weighted by Gasteiger charge is -2.28. The van der Waals surface area contributed by atoms with Crippen LogP contribution >= 0.6 is 11.3 Å². The topological polar surface area (TPSA) is 16.1 Å². The summed E-state index contributed by atoms with van der Waals surface area (Å²) >= 11 is 1.69. The Morgan fingerprint density at radius 3 is 2.68 bits per heavy atom. The smallest absolute Gasteiger partial charge is 0.0795 e. The van der Waals surface area contributed by atoms with Crippen LogP contribution in [0, 0.1) is 5.92 Å². The fourth-order valence-electron chi connectivity index (χ4n) is 2.56. The van der Waals surface area contributed by atoms with Crippen LogP contribution in [0.3, 0.4) is 0 Å². The van der Waals surface area contributed by atoms with Crippen LogP contribution < -0.4 is 0 Å². The van der Waals surface area contributed by atoms with Crippen LogP contribution in [0.2, 0.25) is 0 Å². The van der Waals surface area contributed by atoms with Crippen LogP contribution in [0.25, 0.3) is 0 Å². The third kappa shape index (κ3) is 3.43. The summed E-state index contributed by atoms with van der Waals surface area (Å²) in [5.74, 6) is 0.891. The zero-order valence-corrected chi connectivity index (χ0v) is 12.1. The van der Waals surface area contributed by atoms with Gasteiger partial charge in [-0.2, -0.15) is 0 Å². The average molecular weight is 272 g/mol. The van der Waals surface area contributed by atoms with E-state index in [1.165, 1.54) is 24.1 Å². The van der Waals surface area contributed by atoms with Crippen LogP contribution in [0.15, 0.2) is 41.2 Å². The van der Waals surface area contributed by atoms with Crippen LogP contribution in [0.1, 0.15) is 31.0 Å². The predicted molar refractivity (Wildman–Crippen MR) is 80.0 cm³/mol. The van der Waals surface area contributed by atoms with Gasteiger partial charge in [-0.1, -0.05) is 30.3 Å². The van der Waals surface area contributed by atoms with E-state index in [4.69, 9.17) is 0 Å². The molecule has 1 heterocycles. The van der Waals surface area contributed by atoms with Crippen LogP contribution in [0.4, 0.5) is 0 Å². The van der Waals surface area contributed by atoms with Gasteiger partial charge in [0.1, 0.15) is 0 Å². The van der Waals surface area contributed by atoms with Crippen LogP contribution in [-0.2, 0) is 13.1 Å². The summed E-state index contributed by atoms with van der Waals surface area (Å²) in [6, 6.07) is 11.4. The highest BCUT2D eigenvalue weighted by Gasteiger charge is 2.32. The molecule has 1 unspecified atom stereocenters. The van der Waals surface area contributed by atoms with Gasteiger partial charge in [0.05, 0.1) is 11.2 Å². The first kappa shape index (κ1) is 12.8. The minimum Gasteiger partial charge on any atom is -0.290 e. The van der Waals surface area contributed by atoms with Crippen molar-refractivity contribution in [3.05, 3.63) is 52.5 Å². The number of hydrogen-bond donors (Lipinski definition) is 0. The Bertz CT molecular complexity index is 491. The Kier molecular flexibility index (Phi) is 3.95. The first-order chi connectivity index (χ1) is 9.33. The van der Waals surface area contributed by atoms with Gasteiger partial charge in [-0.15, -0.1) is 11.3 Å². The maximum atomic E-state index is 4.44. The van der Waals surface area contributed by atoms with E-state index >= 15 is 0 Å². The average Bonchev–Trinajstić information content (AvgIpc) is 3.17. The number of thiazole rings is 1. The summed E-state index contributed by atoms with van der Waals surface area (Å²) in [6.45, 7) is 4.36. The molecule has 0 aliphatic heterocycles. The van der Waals surface area contributed by atoms with Gasteiger partial charge in [0.25, 0.3) is 0 Å². The van der Waals surface area contributed by atoms with E-state index in [9.17, 15) is 0 Å². The second kappa shape index (κ2) is 5.85. The molecular weight excluding hydrogens is 252 g/mol. The molecular formula is C16H20N2S. The largest absolute Gasteiger partial charge is 0.290 e. The molecule has 0 amide bonds. The lowest BCUT2D eigenvalue weighted by Crippen LogP contribution is -2.33. The van der Waals surface area contributed by atoms with Crippen molar-refractivity contribution < 1.29 is 0 Å². The van der Waals surface area contributed by atoms with Crippen molar-refractivity contribution in [2.24, 2.45) is 5.92 Å². The minimum atomic E-state index is 0.655.